The number of piperidine rings is 1. The van der Waals surface area contributed by atoms with Gasteiger partial charge in [0.2, 0.25) is 0 Å². The van der Waals surface area contributed by atoms with Crippen molar-refractivity contribution in [1.29, 1.82) is 0 Å². The molecular weight excluding hydrogens is 222 g/mol. The summed E-state index contributed by atoms with van der Waals surface area (Å²) in [7, 11) is 0. The highest BCUT2D eigenvalue weighted by Crippen LogP contribution is 2.28. The summed E-state index contributed by atoms with van der Waals surface area (Å²) in [6.45, 7) is 1.40. The van der Waals surface area contributed by atoms with E-state index < -0.39 is 0 Å². The fourth-order valence-electron chi connectivity index (χ4n) is 2.02. The van der Waals surface area contributed by atoms with Crippen LogP contribution in [0.3, 0.4) is 0 Å². The van der Waals surface area contributed by atoms with Gasteiger partial charge in [0.25, 0.3) is 0 Å². The molecule has 0 bridgehead atoms. The molecule has 0 aliphatic carbocycles. The highest BCUT2D eigenvalue weighted by Gasteiger charge is 2.20. The average molecular weight is 233 g/mol. The second kappa shape index (κ2) is 3.83. The van der Waals surface area contributed by atoms with E-state index in [4.69, 9.17) is 0 Å². The molecule has 4 nitrogen and oxygen atoms in total. The van der Waals surface area contributed by atoms with Crippen LogP contribution in [-0.2, 0) is 4.79 Å². The third-order valence-electron chi connectivity index (χ3n) is 2.77. The molecule has 0 aromatic carbocycles. The van der Waals surface area contributed by atoms with Crippen molar-refractivity contribution in [3.8, 4) is 0 Å². The van der Waals surface area contributed by atoms with Gasteiger partial charge in [-0.05, 0) is 17.9 Å². The summed E-state index contributed by atoms with van der Waals surface area (Å²) in [5.74, 6) is 1.21. The van der Waals surface area contributed by atoms with Gasteiger partial charge in [-0.1, -0.05) is 0 Å². The SMILES string of the molecule is O=C1CCCN(c2ncnc3ccsc23)C1. The third-order valence-corrected chi connectivity index (χ3v) is 3.67. The molecule has 3 heterocycles. The molecule has 0 spiro atoms. The van der Waals surface area contributed by atoms with Gasteiger partial charge in [0.05, 0.1) is 16.8 Å². The number of Topliss-reactive ketones (excluding diaryl/α,β-unsaturated/α-hetero) is 1. The van der Waals surface area contributed by atoms with Gasteiger partial charge in [-0.15, -0.1) is 11.3 Å². The molecule has 16 heavy (non-hydrogen) atoms. The summed E-state index contributed by atoms with van der Waals surface area (Å²) >= 11 is 1.63. The molecular formula is C11H11N3OS. The number of aromatic nitrogens is 2. The van der Waals surface area contributed by atoms with Crippen LogP contribution in [-0.4, -0.2) is 28.8 Å². The topological polar surface area (TPSA) is 46.1 Å². The molecule has 1 aliphatic rings. The maximum atomic E-state index is 11.4. The molecule has 2 aromatic rings. The summed E-state index contributed by atoms with van der Waals surface area (Å²) in [6.07, 6.45) is 3.20. The number of anilines is 1. The van der Waals surface area contributed by atoms with Gasteiger partial charge in [-0.2, -0.15) is 0 Å². The largest absolute Gasteiger partial charge is 0.348 e. The zero-order valence-corrected chi connectivity index (χ0v) is 9.54. The molecule has 3 rings (SSSR count). The number of carbonyl (C=O) groups is 1. The van der Waals surface area contributed by atoms with Crippen molar-refractivity contribution >= 4 is 33.2 Å². The predicted molar refractivity (Wildman–Crippen MR) is 63.9 cm³/mol. The zero-order valence-electron chi connectivity index (χ0n) is 8.72. The standard InChI is InChI=1S/C11H11N3OS/c15-8-2-1-4-14(6-8)11-10-9(3-5-16-10)12-7-13-11/h3,5,7H,1-2,4,6H2. The van der Waals surface area contributed by atoms with Crippen molar-refractivity contribution in [1.82, 2.24) is 9.97 Å². The van der Waals surface area contributed by atoms with E-state index in [0.29, 0.717) is 18.7 Å². The van der Waals surface area contributed by atoms with Gasteiger partial charge in [0.15, 0.2) is 5.78 Å². The van der Waals surface area contributed by atoms with Crippen LogP contribution in [0.1, 0.15) is 12.8 Å². The van der Waals surface area contributed by atoms with Gasteiger partial charge in [0, 0.05) is 13.0 Å². The zero-order chi connectivity index (χ0) is 11.0. The first kappa shape index (κ1) is 9.72. The summed E-state index contributed by atoms with van der Waals surface area (Å²) in [5.41, 5.74) is 0.966. The van der Waals surface area contributed by atoms with E-state index in [2.05, 4.69) is 14.9 Å². The van der Waals surface area contributed by atoms with Crippen LogP contribution >= 0.6 is 11.3 Å². The summed E-state index contributed by atoms with van der Waals surface area (Å²) in [5, 5.41) is 2.01. The molecule has 0 radical (unpaired) electrons. The Morgan fingerprint density at radius 1 is 1.38 bits per heavy atom. The molecule has 2 aromatic heterocycles. The molecule has 0 unspecified atom stereocenters. The molecule has 82 valence electrons. The van der Waals surface area contributed by atoms with E-state index >= 15 is 0 Å². The molecule has 0 amide bonds. The lowest BCUT2D eigenvalue weighted by atomic mass is 10.1. The van der Waals surface area contributed by atoms with E-state index in [9.17, 15) is 4.79 Å². The van der Waals surface area contributed by atoms with Gasteiger partial charge in [0.1, 0.15) is 12.1 Å². The van der Waals surface area contributed by atoms with E-state index in [1.165, 1.54) is 0 Å². The van der Waals surface area contributed by atoms with Crippen LogP contribution in [0.2, 0.25) is 0 Å². The van der Waals surface area contributed by atoms with Crippen molar-refractivity contribution < 1.29 is 4.79 Å². The first-order chi connectivity index (χ1) is 7.84. The number of carbonyl (C=O) groups excluding carboxylic acids is 1. The lowest BCUT2D eigenvalue weighted by Gasteiger charge is -2.26. The maximum absolute atomic E-state index is 11.4. The molecule has 0 saturated carbocycles. The number of rotatable bonds is 1. The molecule has 0 atom stereocenters. The van der Waals surface area contributed by atoms with E-state index in [1.807, 2.05) is 11.4 Å². The first-order valence-electron chi connectivity index (χ1n) is 5.29. The van der Waals surface area contributed by atoms with Crippen molar-refractivity contribution in [3.63, 3.8) is 0 Å². The van der Waals surface area contributed by atoms with Crippen molar-refractivity contribution in [2.75, 3.05) is 18.0 Å². The fourth-order valence-corrected chi connectivity index (χ4v) is 2.88. The lowest BCUT2D eigenvalue weighted by molar-refractivity contribution is -0.118. The van der Waals surface area contributed by atoms with Crippen LogP contribution in [0, 0.1) is 0 Å². The van der Waals surface area contributed by atoms with Crippen molar-refractivity contribution in [2.24, 2.45) is 0 Å². The average Bonchev–Trinajstić information content (AvgIpc) is 2.76. The highest BCUT2D eigenvalue weighted by atomic mass is 32.1. The van der Waals surface area contributed by atoms with Crippen LogP contribution in [0.15, 0.2) is 17.8 Å². The second-order valence-corrected chi connectivity index (χ2v) is 4.81. The lowest BCUT2D eigenvalue weighted by Crippen LogP contribution is -2.36. The Hall–Kier alpha value is -1.49. The molecule has 1 aliphatic heterocycles. The van der Waals surface area contributed by atoms with Crippen LogP contribution in [0.25, 0.3) is 10.2 Å². The summed E-state index contributed by atoms with van der Waals surface area (Å²) in [6, 6.07) is 1.98. The molecule has 1 saturated heterocycles. The number of hydrogen-bond acceptors (Lipinski definition) is 5. The second-order valence-electron chi connectivity index (χ2n) is 3.90. The van der Waals surface area contributed by atoms with Gasteiger partial charge in [-0.3, -0.25) is 4.79 Å². The van der Waals surface area contributed by atoms with Crippen LogP contribution in [0.5, 0.6) is 0 Å². The maximum Gasteiger partial charge on any atom is 0.152 e. The predicted octanol–water partition coefficient (Wildman–Crippen LogP) is 1.86. The van der Waals surface area contributed by atoms with Crippen LogP contribution in [0.4, 0.5) is 5.82 Å². The Morgan fingerprint density at radius 2 is 2.31 bits per heavy atom. The Labute approximate surface area is 96.9 Å². The van der Waals surface area contributed by atoms with E-state index in [-0.39, 0.29) is 0 Å². The Morgan fingerprint density at radius 3 is 3.19 bits per heavy atom. The molecule has 1 fully saturated rings. The fraction of sp³-hybridized carbons (Fsp3) is 0.364. The number of thiophene rings is 1. The third kappa shape index (κ3) is 1.57. The normalized spacial score (nSPS) is 17.0. The number of hydrogen-bond donors (Lipinski definition) is 0. The quantitative estimate of drug-likeness (QED) is 0.754. The minimum Gasteiger partial charge on any atom is -0.348 e. The molecule has 5 heteroatoms. The monoisotopic (exact) mass is 233 g/mol. The van der Waals surface area contributed by atoms with Crippen LogP contribution < -0.4 is 4.90 Å². The Kier molecular flexibility index (Phi) is 2.32. The Bertz CT molecular complexity index is 537. The highest BCUT2D eigenvalue weighted by molar-refractivity contribution is 7.17. The van der Waals surface area contributed by atoms with Crippen molar-refractivity contribution in [2.45, 2.75) is 12.8 Å². The number of fused-ring (bicyclic) bond motifs is 1. The minimum atomic E-state index is 0.301. The smallest absolute Gasteiger partial charge is 0.152 e. The number of nitrogens with zero attached hydrogens (tertiary/aromatic N) is 3. The summed E-state index contributed by atoms with van der Waals surface area (Å²) < 4.78 is 1.08. The molecule has 0 N–H and O–H groups in total. The van der Waals surface area contributed by atoms with E-state index in [0.717, 1.165) is 29.0 Å². The van der Waals surface area contributed by atoms with Gasteiger partial charge >= 0.3 is 0 Å². The van der Waals surface area contributed by atoms with Gasteiger partial charge < -0.3 is 4.90 Å². The number of ketones is 1. The van der Waals surface area contributed by atoms with Gasteiger partial charge in [-0.25, -0.2) is 9.97 Å². The Balaban J connectivity index is 2.04. The summed E-state index contributed by atoms with van der Waals surface area (Å²) in [4.78, 5) is 22.0. The van der Waals surface area contributed by atoms with E-state index in [1.54, 1.807) is 17.7 Å². The minimum absolute atomic E-state index is 0.301. The first-order valence-corrected chi connectivity index (χ1v) is 6.17. The van der Waals surface area contributed by atoms with Crippen molar-refractivity contribution in [3.05, 3.63) is 17.8 Å².